The molecule has 2 aliphatic heterocycles. The Bertz CT molecular complexity index is 1390. The van der Waals surface area contributed by atoms with Crippen LogP contribution in [0.5, 0.6) is 0 Å². The maximum Gasteiger partial charge on any atom is 0.361 e. The minimum absolute atomic E-state index is 0.0795. The van der Waals surface area contributed by atoms with E-state index in [0.29, 0.717) is 5.56 Å². The third kappa shape index (κ3) is 4.56. The number of amides is 2. The average Bonchev–Trinajstić information content (AvgIpc) is 3.34. The minimum atomic E-state index is -1.42. The van der Waals surface area contributed by atoms with E-state index in [1.54, 1.807) is 30.3 Å². The summed E-state index contributed by atoms with van der Waals surface area (Å²) in [4.78, 5) is 63.2. The molecule has 2 atom stereocenters. The number of methoxy groups -OCH3 is 2. The molecule has 198 valence electrons. The molecule has 0 spiro atoms. The van der Waals surface area contributed by atoms with Gasteiger partial charge in [0, 0.05) is 11.3 Å². The monoisotopic (exact) mass is 544 g/mol. The lowest BCUT2D eigenvalue weighted by Gasteiger charge is -2.49. The van der Waals surface area contributed by atoms with Crippen LogP contribution in [0, 0.1) is 0 Å². The van der Waals surface area contributed by atoms with E-state index >= 15 is 0 Å². The molecule has 0 saturated carbocycles. The molecule has 0 bridgehead atoms. The second-order valence-electron chi connectivity index (χ2n) is 7.86. The number of carbonyl (C=O) groups excluding carboxylic acids is 4. The van der Waals surface area contributed by atoms with Gasteiger partial charge in [0.15, 0.2) is 11.4 Å². The summed E-state index contributed by atoms with van der Waals surface area (Å²) in [5.41, 5.74) is -0.905. The van der Waals surface area contributed by atoms with Gasteiger partial charge in [0.05, 0.1) is 20.8 Å². The zero-order valence-corrected chi connectivity index (χ0v) is 20.7. The fourth-order valence-electron chi connectivity index (χ4n) is 3.98. The van der Waals surface area contributed by atoms with Gasteiger partial charge in [-0.05, 0) is 5.57 Å². The van der Waals surface area contributed by atoms with Crippen molar-refractivity contribution in [3.8, 4) is 0 Å². The van der Waals surface area contributed by atoms with Crippen molar-refractivity contribution < 1.29 is 43.8 Å². The molecular weight excluding hydrogens is 524 g/mol. The van der Waals surface area contributed by atoms with Crippen LogP contribution >= 0.6 is 11.8 Å². The van der Waals surface area contributed by atoms with Crippen molar-refractivity contribution in [2.75, 3.05) is 20.0 Å². The van der Waals surface area contributed by atoms with Gasteiger partial charge >= 0.3 is 17.9 Å². The number of thioether (sulfide) groups is 1. The Kier molecular flexibility index (Phi) is 7.43. The van der Waals surface area contributed by atoms with Crippen LogP contribution < -0.4 is 5.32 Å². The number of aromatic nitrogens is 3. The number of carboxylic acids is 1. The molecule has 1 saturated heterocycles. The summed E-state index contributed by atoms with van der Waals surface area (Å²) < 4.78 is 10.3. The van der Waals surface area contributed by atoms with Gasteiger partial charge in [-0.1, -0.05) is 40.7 Å². The van der Waals surface area contributed by atoms with Crippen molar-refractivity contribution in [1.29, 1.82) is 0 Å². The van der Waals surface area contributed by atoms with Crippen LogP contribution in [0.4, 0.5) is 0 Å². The summed E-state index contributed by atoms with van der Waals surface area (Å²) in [6.07, 6.45) is 0. The number of carbonyl (C=O) groups is 5. The number of aliphatic carboxylic acids is 1. The number of nitrogens with one attached hydrogen (secondary N) is 1. The summed E-state index contributed by atoms with van der Waals surface area (Å²) in [6.45, 7) is -0.300. The number of oxime groups is 1. The summed E-state index contributed by atoms with van der Waals surface area (Å²) in [5, 5.41) is 31.4. The first kappa shape index (κ1) is 26.3. The van der Waals surface area contributed by atoms with E-state index < -0.39 is 46.8 Å². The third-order valence-corrected chi connectivity index (χ3v) is 7.07. The molecule has 0 aliphatic carbocycles. The fraction of sp³-hybridized carbons (Fsp3) is 0.273. The normalized spacial score (nSPS) is 18.8. The van der Waals surface area contributed by atoms with E-state index in [0.717, 1.165) is 23.8 Å². The Labute approximate surface area is 218 Å². The zero-order valence-electron chi connectivity index (χ0n) is 19.9. The molecule has 2 amide bonds. The highest BCUT2D eigenvalue weighted by Crippen LogP contribution is 2.40. The van der Waals surface area contributed by atoms with Crippen molar-refractivity contribution in [1.82, 2.24) is 25.2 Å². The average molecular weight is 545 g/mol. The summed E-state index contributed by atoms with van der Waals surface area (Å²) in [5.74, 6) is -4.74. The minimum Gasteiger partial charge on any atom is -0.477 e. The zero-order chi connectivity index (χ0) is 27.6. The highest BCUT2D eigenvalue weighted by Gasteiger charge is 2.54. The maximum absolute atomic E-state index is 13.0. The van der Waals surface area contributed by atoms with Crippen LogP contribution in [0.2, 0.25) is 0 Å². The van der Waals surface area contributed by atoms with Gasteiger partial charge in [-0.2, -0.15) is 0 Å². The highest BCUT2D eigenvalue weighted by atomic mass is 32.2. The van der Waals surface area contributed by atoms with Crippen molar-refractivity contribution in [2.24, 2.45) is 5.16 Å². The third-order valence-electron chi connectivity index (χ3n) is 5.73. The first-order valence-corrected chi connectivity index (χ1v) is 11.9. The molecule has 3 N–H and O–H groups in total. The van der Waals surface area contributed by atoms with Crippen LogP contribution in [0.1, 0.15) is 26.5 Å². The van der Waals surface area contributed by atoms with E-state index in [-0.39, 0.29) is 35.0 Å². The number of benzene rings is 1. The Morgan fingerprint density at radius 1 is 1.16 bits per heavy atom. The lowest BCUT2D eigenvalue weighted by Crippen LogP contribution is -2.71. The van der Waals surface area contributed by atoms with Gasteiger partial charge < -0.3 is 25.1 Å². The van der Waals surface area contributed by atoms with E-state index in [2.05, 4.69) is 25.5 Å². The Hall–Kier alpha value is -4.73. The van der Waals surface area contributed by atoms with Gasteiger partial charge in [0.1, 0.15) is 17.1 Å². The van der Waals surface area contributed by atoms with E-state index in [9.17, 15) is 34.3 Å². The first-order chi connectivity index (χ1) is 18.2. The molecule has 1 aromatic carbocycles. The van der Waals surface area contributed by atoms with Crippen LogP contribution in [-0.2, 0) is 30.4 Å². The molecular formula is C22H20N6O9S. The second-order valence-corrected chi connectivity index (χ2v) is 8.97. The Balaban J connectivity index is 1.59. The molecule has 15 nitrogen and oxygen atoms in total. The molecule has 1 aromatic heterocycles. The van der Waals surface area contributed by atoms with Crippen LogP contribution in [0.15, 0.2) is 46.8 Å². The van der Waals surface area contributed by atoms with Gasteiger partial charge in [-0.15, -0.1) is 16.9 Å². The number of nitrogens with zero attached hydrogens (tertiary/aromatic N) is 5. The molecule has 0 unspecified atom stereocenters. The molecule has 2 aromatic rings. The number of ether oxygens (including phenoxy) is 2. The smallest absolute Gasteiger partial charge is 0.361 e. The number of hydrogen-bond acceptors (Lipinski definition) is 12. The second kappa shape index (κ2) is 10.7. The molecule has 4 rings (SSSR count). The van der Waals surface area contributed by atoms with Gasteiger partial charge in [0.2, 0.25) is 5.69 Å². The standard InChI is InChI=1S/C22H20N6O9S/c1-36-21(33)13-16(22(34)37-2)27(26-24-13)8-11-9-38-19-14(18(30)28(19)15(11)20(31)32)23-17(29)12(25-35)10-6-4-3-5-7-10/h3-7,14,19,35H,8-9H2,1-2H3,(H,23,29)(H,31,32)/b25-12+/t14-,19-/m1/s1. The van der Waals surface area contributed by atoms with Gasteiger partial charge in [-0.3, -0.25) is 14.5 Å². The largest absolute Gasteiger partial charge is 0.477 e. The van der Waals surface area contributed by atoms with E-state index in [1.807, 2.05) is 0 Å². The molecule has 1 fully saturated rings. The SMILES string of the molecule is COC(=O)c1nnn(CC2=C(C(=O)O)N3C(=O)[C@@H](NC(=O)/C(=N/O)c4ccccc4)[C@H]3SC2)c1C(=O)OC. The molecule has 38 heavy (non-hydrogen) atoms. The number of esters is 2. The Morgan fingerprint density at radius 2 is 1.84 bits per heavy atom. The number of hydrogen-bond donors (Lipinski definition) is 3. The van der Waals surface area contributed by atoms with Crippen molar-refractivity contribution >= 4 is 47.2 Å². The number of β-lactam (4-membered cyclic amide) rings is 1. The summed E-state index contributed by atoms with van der Waals surface area (Å²) in [6, 6.07) is 7.02. The maximum atomic E-state index is 13.0. The summed E-state index contributed by atoms with van der Waals surface area (Å²) >= 11 is 1.17. The fourth-order valence-corrected chi connectivity index (χ4v) is 5.32. The van der Waals surface area contributed by atoms with Gasteiger partial charge in [-0.25, -0.2) is 19.1 Å². The topological polar surface area (TPSA) is 203 Å². The van der Waals surface area contributed by atoms with Crippen molar-refractivity contribution in [3.05, 3.63) is 58.6 Å². The molecule has 3 heterocycles. The van der Waals surface area contributed by atoms with Crippen LogP contribution in [0.25, 0.3) is 0 Å². The lowest BCUT2D eigenvalue weighted by atomic mass is 10.0. The van der Waals surface area contributed by atoms with E-state index in [4.69, 9.17) is 4.74 Å². The molecule has 16 heteroatoms. The first-order valence-electron chi connectivity index (χ1n) is 10.8. The lowest BCUT2D eigenvalue weighted by molar-refractivity contribution is -0.150. The predicted molar refractivity (Wildman–Crippen MR) is 127 cm³/mol. The summed E-state index contributed by atoms with van der Waals surface area (Å²) in [7, 11) is 2.17. The van der Waals surface area contributed by atoms with Gasteiger partial charge in [0.25, 0.3) is 11.8 Å². The predicted octanol–water partition coefficient (Wildman–Crippen LogP) is -0.532. The van der Waals surface area contributed by atoms with Crippen molar-refractivity contribution in [3.63, 3.8) is 0 Å². The van der Waals surface area contributed by atoms with E-state index in [1.165, 1.54) is 11.8 Å². The van der Waals surface area contributed by atoms with Crippen LogP contribution in [0.3, 0.4) is 0 Å². The van der Waals surface area contributed by atoms with Crippen molar-refractivity contribution in [2.45, 2.75) is 18.0 Å². The number of carboxylic acid groups (broad SMARTS) is 1. The highest BCUT2D eigenvalue weighted by molar-refractivity contribution is 8.00. The quantitative estimate of drug-likeness (QED) is 0.126. The number of fused-ring (bicyclic) bond motifs is 1. The molecule has 2 aliphatic rings. The Morgan fingerprint density at radius 3 is 2.45 bits per heavy atom. The van der Waals surface area contributed by atoms with Crippen LogP contribution in [-0.4, -0.2) is 97.0 Å². The molecule has 0 radical (unpaired) electrons. The number of rotatable bonds is 8.